The average molecular weight is 1300 g/mol. The molecule has 0 unspecified atom stereocenters. The lowest BCUT2D eigenvalue weighted by Gasteiger charge is -2.28. The van der Waals surface area contributed by atoms with Gasteiger partial charge in [0.2, 0.25) is 0 Å². The van der Waals surface area contributed by atoms with Crippen molar-refractivity contribution in [1.82, 2.24) is 0 Å². The molecule has 1 N–H and O–H groups in total. The summed E-state index contributed by atoms with van der Waals surface area (Å²) in [5, 5.41) is 8.72. The summed E-state index contributed by atoms with van der Waals surface area (Å²) in [6, 6.07) is 111. The predicted octanol–water partition coefficient (Wildman–Crippen LogP) is 26.5. The first-order valence-electron chi connectivity index (χ1n) is 33.4. The summed E-state index contributed by atoms with van der Waals surface area (Å²) in [6.07, 6.45) is 0. The maximum absolute atomic E-state index is 3.58. The number of hydrogen-bond donors (Lipinski definition) is 1. The summed E-state index contributed by atoms with van der Waals surface area (Å²) >= 11 is 3.57. The molecule has 0 atom stereocenters. The number of hydrogen-bond acceptors (Lipinski definition) is 2. The zero-order valence-electron chi connectivity index (χ0n) is 55.2. The highest BCUT2D eigenvalue weighted by Gasteiger charge is 2.39. The van der Waals surface area contributed by atoms with Crippen LogP contribution in [0.15, 0.2) is 308 Å². The first kappa shape index (κ1) is 61.8. The Bertz CT molecular complexity index is 5320. The van der Waals surface area contributed by atoms with Crippen LogP contribution in [0.4, 0.5) is 28.4 Å². The second kappa shape index (κ2) is 23.8. The summed E-state index contributed by atoms with van der Waals surface area (Å²) in [5.74, 6) is 0. The van der Waals surface area contributed by atoms with E-state index in [1.807, 2.05) is 6.07 Å². The molecule has 0 heterocycles. The smallest absolute Gasteiger partial charge is 0.0468 e. The van der Waals surface area contributed by atoms with Crippen molar-refractivity contribution in [3.8, 4) is 66.8 Å². The Labute approximate surface area is 575 Å². The van der Waals surface area contributed by atoms with Crippen molar-refractivity contribution in [2.24, 2.45) is 0 Å². The van der Waals surface area contributed by atoms with E-state index >= 15 is 0 Å². The number of nitrogens with zero attached hydrogens (tertiary/aromatic N) is 1. The van der Waals surface area contributed by atoms with Gasteiger partial charge in [0, 0.05) is 54.6 Å². The van der Waals surface area contributed by atoms with Gasteiger partial charge < -0.3 is 10.2 Å². The van der Waals surface area contributed by atoms with Gasteiger partial charge in [-0.15, -0.1) is 0 Å². The van der Waals surface area contributed by atoms with E-state index in [1.165, 1.54) is 139 Å². The molecule has 0 aliphatic heterocycles. The molecule has 0 bridgehead atoms. The second-order valence-electron chi connectivity index (χ2n) is 28.3. The maximum atomic E-state index is 3.58. The predicted molar refractivity (Wildman–Crippen MR) is 414 cm³/mol. The van der Waals surface area contributed by atoms with E-state index in [4.69, 9.17) is 0 Å². The molecule has 0 radical (unpaired) electrons. The van der Waals surface area contributed by atoms with E-state index in [2.05, 4.69) is 379 Å². The molecule has 0 spiro atoms. The Morgan fingerprint density at radius 1 is 0.240 bits per heavy atom. The van der Waals surface area contributed by atoms with Gasteiger partial charge in [-0.1, -0.05) is 285 Å². The zero-order chi connectivity index (χ0) is 65.0. The fourth-order valence-corrected chi connectivity index (χ4v) is 16.4. The Hall–Kier alpha value is -10.3. The maximum Gasteiger partial charge on any atom is 0.0468 e. The van der Waals surface area contributed by atoms with Crippen LogP contribution in [0.25, 0.3) is 88.3 Å². The van der Waals surface area contributed by atoms with E-state index in [1.54, 1.807) is 0 Å². The van der Waals surface area contributed by atoms with E-state index in [9.17, 15) is 0 Å². The third-order valence-electron chi connectivity index (χ3n) is 21.2. The van der Waals surface area contributed by atoms with Crippen LogP contribution < -0.4 is 10.2 Å². The Morgan fingerprint density at radius 3 is 1.06 bits per heavy atom. The fourth-order valence-electron chi connectivity index (χ4n) is 16.0. The Balaban J connectivity index is 0.000000130. The molecule has 0 saturated heterocycles. The summed E-state index contributed by atoms with van der Waals surface area (Å²) < 4.78 is 1.14. The minimum absolute atomic E-state index is 0. The average Bonchev–Trinajstić information content (AvgIpc) is 1.59. The van der Waals surface area contributed by atoms with E-state index in [-0.39, 0.29) is 29.1 Å². The Kier molecular flexibility index (Phi) is 15.4. The van der Waals surface area contributed by atoms with Crippen LogP contribution in [0.1, 0.15) is 107 Å². The minimum atomic E-state index is -0.0741. The van der Waals surface area contributed by atoms with Crippen molar-refractivity contribution in [2.45, 2.75) is 84.5 Å². The molecule has 96 heavy (non-hydrogen) atoms. The largest absolute Gasteiger partial charge is 0.356 e. The lowest BCUT2D eigenvalue weighted by Crippen LogP contribution is -2.16. The van der Waals surface area contributed by atoms with Gasteiger partial charge in [0.15, 0.2) is 0 Å². The summed E-state index contributed by atoms with van der Waals surface area (Å²) in [5.41, 5.74) is 32.8. The first-order valence-corrected chi connectivity index (χ1v) is 34.2. The van der Waals surface area contributed by atoms with Crippen LogP contribution >= 0.6 is 15.9 Å². The highest BCUT2D eigenvalue weighted by atomic mass is 79.9. The topological polar surface area (TPSA) is 15.3 Å². The molecule has 4 aliphatic rings. The van der Waals surface area contributed by atoms with Crippen LogP contribution in [0.2, 0.25) is 0 Å². The number of rotatable bonds is 7. The number of nitrogens with one attached hydrogen (secondary N) is 1. The number of benzene rings is 14. The molecular weight excluding hydrogens is 1220 g/mol. The van der Waals surface area contributed by atoms with E-state index < -0.39 is 0 Å². The van der Waals surface area contributed by atoms with Gasteiger partial charge in [-0.05, 0) is 230 Å². The van der Waals surface area contributed by atoms with Crippen LogP contribution in [-0.4, -0.2) is 0 Å². The molecule has 14 aromatic rings. The molecule has 18 rings (SSSR count). The van der Waals surface area contributed by atoms with Gasteiger partial charge in [-0.2, -0.15) is 0 Å². The lowest BCUT2D eigenvalue weighted by atomic mass is 9.82. The monoisotopic (exact) mass is 1300 g/mol. The molecule has 0 saturated carbocycles. The molecule has 0 amide bonds. The standard InChI is InChI=1S/C46H37N.C27H23N.C19H15Br.CH4/c1-45(2)42-17-11-9-15-38(42)40-27-32-20-23-35(26-33(32)28-43(40)45)47(34-21-18-31(19-22-34)30-12-6-5-7-13-30)36-24-25-39-37-14-8-10-16-41(37)46(3,4)44(39)29-36;1-27(2)25-11-7-6-10-23(25)24-17-16-22(18-26(24)27)28-21-14-12-20(13-15-21)19-8-4-3-5-9-19;1-19(2)17-6-4-3-5-15(17)16-10-12-7-8-14(20)9-13(12)11-18(16)19;/h5-29H,1-4H3;3-18,28H,1-2H3;3-11H,1-2H3;1H4. The summed E-state index contributed by atoms with van der Waals surface area (Å²) in [6.45, 7) is 18.7. The van der Waals surface area contributed by atoms with Crippen LogP contribution in [0, 0.1) is 0 Å². The highest BCUT2D eigenvalue weighted by Crippen LogP contribution is 2.55. The Morgan fingerprint density at radius 2 is 0.573 bits per heavy atom. The van der Waals surface area contributed by atoms with E-state index in [0.717, 1.165) is 27.2 Å². The number of anilines is 5. The second-order valence-corrected chi connectivity index (χ2v) is 29.2. The lowest BCUT2D eigenvalue weighted by molar-refractivity contribution is 0.660. The molecule has 468 valence electrons. The van der Waals surface area contributed by atoms with Gasteiger partial charge >= 0.3 is 0 Å². The van der Waals surface area contributed by atoms with Crippen molar-refractivity contribution < 1.29 is 0 Å². The number of fused-ring (bicyclic) bond motifs is 14. The van der Waals surface area contributed by atoms with Gasteiger partial charge in [-0.3, -0.25) is 0 Å². The van der Waals surface area contributed by atoms with Crippen LogP contribution in [0.3, 0.4) is 0 Å². The highest BCUT2D eigenvalue weighted by molar-refractivity contribution is 9.10. The van der Waals surface area contributed by atoms with Crippen molar-refractivity contribution in [1.29, 1.82) is 0 Å². The third-order valence-corrected chi connectivity index (χ3v) is 21.7. The van der Waals surface area contributed by atoms with Gasteiger partial charge in [-0.25, -0.2) is 0 Å². The van der Waals surface area contributed by atoms with Crippen molar-refractivity contribution in [3.63, 3.8) is 0 Å². The fraction of sp³-hybridized carbons (Fsp3) is 0.140. The first-order chi connectivity index (χ1) is 46.0. The summed E-state index contributed by atoms with van der Waals surface area (Å²) in [7, 11) is 0. The SMILES string of the molecule is C.CC1(C)c2ccccc2-c2cc3ccc(Br)cc3cc21.CC1(C)c2ccccc2-c2ccc(N(c3ccc(-c4ccccc4)cc3)c3ccc4cc5c(cc4c3)C(C)(C)c3ccccc3-5)cc21.CC1(C)c2ccccc2-c2ccc(Nc3ccc(-c4ccccc4)cc3)cc21. The molecule has 14 aromatic carbocycles. The van der Waals surface area contributed by atoms with Crippen LogP contribution in [0.5, 0.6) is 0 Å². The molecule has 4 aliphatic carbocycles. The molecule has 0 fully saturated rings. The van der Waals surface area contributed by atoms with Gasteiger partial charge in [0.25, 0.3) is 0 Å². The molecule has 0 aromatic heterocycles. The number of halogens is 1. The van der Waals surface area contributed by atoms with Crippen molar-refractivity contribution in [2.75, 3.05) is 10.2 Å². The van der Waals surface area contributed by atoms with Gasteiger partial charge in [0.05, 0.1) is 0 Å². The van der Waals surface area contributed by atoms with Gasteiger partial charge in [0.1, 0.15) is 0 Å². The normalized spacial score (nSPS) is 14.3. The summed E-state index contributed by atoms with van der Waals surface area (Å²) in [4.78, 5) is 2.43. The van der Waals surface area contributed by atoms with Crippen molar-refractivity contribution in [3.05, 3.63) is 352 Å². The molecule has 3 heteroatoms. The third kappa shape index (κ3) is 10.5. The minimum Gasteiger partial charge on any atom is -0.356 e. The molecule has 2 nitrogen and oxygen atoms in total. The zero-order valence-corrected chi connectivity index (χ0v) is 56.8. The molecular formula is C93H79BrN2. The van der Waals surface area contributed by atoms with Crippen molar-refractivity contribution >= 4 is 65.9 Å². The van der Waals surface area contributed by atoms with Crippen LogP contribution in [-0.2, 0) is 21.7 Å². The van der Waals surface area contributed by atoms with E-state index in [0.29, 0.717) is 0 Å². The quantitative estimate of drug-likeness (QED) is 0.171.